The lowest BCUT2D eigenvalue weighted by Crippen LogP contribution is -2.24. The van der Waals surface area contributed by atoms with Crippen LogP contribution in [0.3, 0.4) is 0 Å². The molecule has 8 nitrogen and oxygen atoms in total. The van der Waals surface area contributed by atoms with Gasteiger partial charge in [-0.15, -0.1) is 0 Å². The second kappa shape index (κ2) is 11.4. The topological polar surface area (TPSA) is 101 Å². The summed E-state index contributed by atoms with van der Waals surface area (Å²) in [6.45, 7) is 3.57. The highest BCUT2D eigenvalue weighted by Gasteiger charge is 2.07. The van der Waals surface area contributed by atoms with Gasteiger partial charge in [-0.25, -0.2) is 10.9 Å². The minimum absolute atomic E-state index is 0.00231. The molecule has 0 fully saturated rings. The van der Waals surface area contributed by atoms with Crippen LogP contribution in [0.25, 0.3) is 0 Å². The standard InChI is InChI=1S/C22H26N4O4/c1-15(17-5-9-19(29-3)10-6-17)23-25-21(27)13-14-22(28)26-24-16(2)18-7-11-20(30-4)12-8-18/h5-12H,13-14H2,1-4H3,(H,25,27)(H,26,28)/b23-15-,24-16+. The van der Waals surface area contributed by atoms with Crippen LogP contribution in [0, 0.1) is 0 Å². The molecule has 0 spiro atoms. The molecule has 0 radical (unpaired) electrons. The van der Waals surface area contributed by atoms with Crippen molar-refractivity contribution in [3.05, 3.63) is 59.7 Å². The summed E-state index contributed by atoms with van der Waals surface area (Å²) in [6.07, 6.45) is 0.00462. The van der Waals surface area contributed by atoms with Crippen LogP contribution in [0.1, 0.15) is 37.8 Å². The van der Waals surface area contributed by atoms with Crippen LogP contribution in [0.15, 0.2) is 58.7 Å². The van der Waals surface area contributed by atoms with E-state index < -0.39 is 0 Å². The van der Waals surface area contributed by atoms with Crippen molar-refractivity contribution in [2.75, 3.05) is 14.2 Å². The first-order valence-corrected chi connectivity index (χ1v) is 9.38. The van der Waals surface area contributed by atoms with Gasteiger partial charge in [0.25, 0.3) is 0 Å². The van der Waals surface area contributed by atoms with E-state index in [0.29, 0.717) is 11.4 Å². The third kappa shape index (κ3) is 7.05. The maximum Gasteiger partial charge on any atom is 0.240 e. The number of hydrogen-bond acceptors (Lipinski definition) is 6. The fourth-order valence-electron chi connectivity index (χ4n) is 2.42. The van der Waals surface area contributed by atoms with Gasteiger partial charge in [-0.2, -0.15) is 10.2 Å². The van der Waals surface area contributed by atoms with Gasteiger partial charge in [-0.3, -0.25) is 9.59 Å². The Morgan fingerprint density at radius 2 is 1.03 bits per heavy atom. The first-order chi connectivity index (χ1) is 14.4. The lowest BCUT2D eigenvalue weighted by Gasteiger charge is -2.05. The fraction of sp³-hybridized carbons (Fsp3) is 0.273. The molecule has 30 heavy (non-hydrogen) atoms. The van der Waals surface area contributed by atoms with E-state index in [1.165, 1.54) is 0 Å². The predicted molar refractivity (Wildman–Crippen MR) is 116 cm³/mol. The smallest absolute Gasteiger partial charge is 0.240 e. The zero-order valence-electron chi connectivity index (χ0n) is 17.6. The Kier molecular flexibility index (Phi) is 8.56. The number of ether oxygens (including phenoxy) is 2. The Bertz CT molecular complexity index is 842. The van der Waals surface area contributed by atoms with Gasteiger partial charge >= 0.3 is 0 Å². The molecule has 2 rings (SSSR count). The largest absolute Gasteiger partial charge is 0.497 e. The van der Waals surface area contributed by atoms with Gasteiger partial charge in [0.15, 0.2) is 0 Å². The van der Waals surface area contributed by atoms with Crippen molar-refractivity contribution >= 4 is 23.2 Å². The average molecular weight is 410 g/mol. The van der Waals surface area contributed by atoms with Gasteiger partial charge < -0.3 is 9.47 Å². The minimum atomic E-state index is -0.353. The molecule has 0 aliphatic rings. The summed E-state index contributed by atoms with van der Waals surface area (Å²) in [5.41, 5.74) is 7.93. The first kappa shape index (κ1) is 22.6. The van der Waals surface area contributed by atoms with E-state index in [0.717, 1.165) is 22.6 Å². The van der Waals surface area contributed by atoms with Crippen molar-refractivity contribution in [1.29, 1.82) is 0 Å². The highest BCUT2D eigenvalue weighted by molar-refractivity contribution is 6.00. The summed E-state index contributed by atoms with van der Waals surface area (Å²) in [6, 6.07) is 14.6. The molecule has 2 amide bonds. The predicted octanol–water partition coefficient (Wildman–Crippen LogP) is 2.86. The quantitative estimate of drug-likeness (QED) is 0.490. The van der Waals surface area contributed by atoms with Crippen molar-refractivity contribution < 1.29 is 19.1 Å². The summed E-state index contributed by atoms with van der Waals surface area (Å²) in [7, 11) is 3.19. The molecule has 0 bridgehead atoms. The molecule has 0 aromatic heterocycles. The van der Waals surface area contributed by atoms with Crippen molar-refractivity contribution in [2.45, 2.75) is 26.7 Å². The number of nitrogens with zero attached hydrogens (tertiary/aromatic N) is 2. The molecular weight excluding hydrogens is 384 g/mol. The molecule has 0 heterocycles. The second-order valence-corrected chi connectivity index (χ2v) is 6.42. The Morgan fingerprint density at radius 1 is 0.700 bits per heavy atom. The molecule has 0 atom stereocenters. The van der Waals surface area contributed by atoms with Crippen LogP contribution in [0.5, 0.6) is 11.5 Å². The fourth-order valence-corrected chi connectivity index (χ4v) is 2.42. The van der Waals surface area contributed by atoms with Crippen molar-refractivity contribution in [1.82, 2.24) is 10.9 Å². The molecule has 0 saturated heterocycles. The maximum atomic E-state index is 11.9. The number of nitrogens with one attached hydrogen (secondary N) is 2. The van der Waals surface area contributed by atoms with E-state index in [2.05, 4.69) is 21.1 Å². The number of carbonyl (C=O) groups is 2. The van der Waals surface area contributed by atoms with E-state index >= 15 is 0 Å². The monoisotopic (exact) mass is 410 g/mol. The molecule has 158 valence electrons. The Morgan fingerprint density at radius 3 is 1.33 bits per heavy atom. The Labute approximate surface area is 176 Å². The summed E-state index contributed by atoms with van der Waals surface area (Å²) in [4.78, 5) is 23.9. The van der Waals surface area contributed by atoms with Gasteiger partial charge in [-0.05, 0) is 73.5 Å². The number of carbonyl (C=O) groups excluding carboxylic acids is 2. The second-order valence-electron chi connectivity index (χ2n) is 6.42. The molecule has 0 aliphatic carbocycles. The number of benzene rings is 2. The maximum absolute atomic E-state index is 11.9. The first-order valence-electron chi connectivity index (χ1n) is 9.38. The number of methoxy groups -OCH3 is 2. The van der Waals surface area contributed by atoms with E-state index in [1.54, 1.807) is 28.1 Å². The zero-order chi connectivity index (χ0) is 21.9. The number of rotatable bonds is 9. The third-order valence-electron chi connectivity index (χ3n) is 4.29. The van der Waals surface area contributed by atoms with Gasteiger partial charge in [0, 0.05) is 12.8 Å². The Hall–Kier alpha value is -3.68. The number of hydrogen-bond donors (Lipinski definition) is 2. The summed E-state index contributed by atoms with van der Waals surface area (Å²) in [5.74, 6) is 0.778. The molecular formula is C22H26N4O4. The van der Waals surface area contributed by atoms with Crippen LogP contribution in [-0.2, 0) is 9.59 Å². The van der Waals surface area contributed by atoms with Crippen molar-refractivity contribution in [2.24, 2.45) is 10.2 Å². The van der Waals surface area contributed by atoms with E-state index in [9.17, 15) is 9.59 Å². The van der Waals surface area contributed by atoms with E-state index in [4.69, 9.17) is 9.47 Å². The molecule has 2 aromatic rings. The van der Waals surface area contributed by atoms with Crippen LogP contribution in [0.4, 0.5) is 0 Å². The lowest BCUT2D eigenvalue weighted by molar-refractivity contribution is -0.126. The summed E-state index contributed by atoms with van der Waals surface area (Å²) < 4.78 is 10.2. The zero-order valence-corrected chi connectivity index (χ0v) is 17.6. The summed E-state index contributed by atoms with van der Waals surface area (Å²) in [5, 5.41) is 8.13. The van der Waals surface area contributed by atoms with E-state index in [1.807, 2.05) is 48.5 Å². The lowest BCUT2D eigenvalue weighted by atomic mass is 10.1. The molecule has 8 heteroatoms. The SMILES string of the molecule is COc1ccc(/C(C)=N\NC(=O)CCC(=O)N/N=C(\C)c2ccc(OC)cc2)cc1. The highest BCUT2D eigenvalue weighted by atomic mass is 16.5. The third-order valence-corrected chi connectivity index (χ3v) is 4.29. The van der Waals surface area contributed by atoms with Crippen LogP contribution in [-0.4, -0.2) is 37.5 Å². The normalized spacial score (nSPS) is 11.6. The van der Waals surface area contributed by atoms with Gasteiger partial charge in [0.1, 0.15) is 11.5 Å². The van der Waals surface area contributed by atoms with Crippen LogP contribution < -0.4 is 20.3 Å². The molecule has 2 N–H and O–H groups in total. The van der Waals surface area contributed by atoms with E-state index in [-0.39, 0.29) is 24.7 Å². The molecule has 0 aliphatic heterocycles. The molecule has 0 unspecified atom stereocenters. The average Bonchev–Trinajstić information content (AvgIpc) is 2.79. The van der Waals surface area contributed by atoms with Crippen LogP contribution >= 0.6 is 0 Å². The summed E-state index contributed by atoms with van der Waals surface area (Å²) >= 11 is 0. The van der Waals surface area contributed by atoms with Gasteiger partial charge in [-0.1, -0.05) is 0 Å². The van der Waals surface area contributed by atoms with Crippen molar-refractivity contribution in [3.63, 3.8) is 0 Å². The van der Waals surface area contributed by atoms with Crippen molar-refractivity contribution in [3.8, 4) is 11.5 Å². The minimum Gasteiger partial charge on any atom is -0.497 e. The molecule has 0 saturated carbocycles. The highest BCUT2D eigenvalue weighted by Crippen LogP contribution is 2.12. The number of hydrazone groups is 2. The molecule has 2 aromatic carbocycles. The van der Waals surface area contributed by atoms with Gasteiger partial charge in [0.05, 0.1) is 25.6 Å². The van der Waals surface area contributed by atoms with Gasteiger partial charge in [0.2, 0.25) is 11.8 Å². The Balaban J connectivity index is 1.78. The van der Waals surface area contributed by atoms with Crippen LogP contribution in [0.2, 0.25) is 0 Å². The number of amides is 2.